The molecular formula is C13H14N2O2. The average Bonchev–Trinajstić information content (AvgIpc) is 2.71. The lowest BCUT2D eigenvalue weighted by Crippen LogP contribution is -2.36. The first-order chi connectivity index (χ1) is 8.20. The van der Waals surface area contributed by atoms with Crippen molar-refractivity contribution in [3.8, 4) is 0 Å². The van der Waals surface area contributed by atoms with Crippen LogP contribution in [0.15, 0.2) is 43.0 Å². The molecule has 1 N–H and O–H groups in total. The van der Waals surface area contributed by atoms with Crippen LogP contribution in [0.3, 0.4) is 0 Å². The van der Waals surface area contributed by atoms with Crippen LogP contribution >= 0.6 is 0 Å². The molecule has 2 rings (SSSR count). The number of para-hydroxylation sites is 1. The van der Waals surface area contributed by atoms with Gasteiger partial charge in [-0.15, -0.1) is 0 Å². The van der Waals surface area contributed by atoms with Crippen LogP contribution in [0.1, 0.15) is 6.42 Å². The Hall–Kier alpha value is -2.10. The SMILES string of the molecule is C=CC(=O)NC1CC(=O)N(c2ccccc2)C1. The molecule has 17 heavy (non-hydrogen) atoms. The minimum atomic E-state index is -0.238. The Morgan fingerprint density at radius 2 is 2.12 bits per heavy atom. The first-order valence-electron chi connectivity index (χ1n) is 5.49. The number of amides is 2. The van der Waals surface area contributed by atoms with E-state index >= 15 is 0 Å². The van der Waals surface area contributed by atoms with Gasteiger partial charge in [0.1, 0.15) is 0 Å². The van der Waals surface area contributed by atoms with Gasteiger partial charge in [-0.05, 0) is 18.2 Å². The summed E-state index contributed by atoms with van der Waals surface area (Å²) in [5.74, 6) is -0.205. The summed E-state index contributed by atoms with van der Waals surface area (Å²) >= 11 is 0. The van der Waals surface area contributed by atoms with E-state index in [1.165, 1.54) is 6.08 Å². The van der Waals surface area contributed by atoms with Crippen molar-refractivity contribution in [3.05, 3.63) is 43.0 Å². The predicted octanol–water partition coefficient (Wildman–Crippen LogP) is 1.09. The molecule has 1 aliphatic heterocycles. The van der Waals surface area contributed by atoms with Crippen LogP contribution < -0.4 is 10.2 Å². The highest BCUT2D eigenvalue weighted by atomic mass is 16.2. The van der Waals surface area contributed by atoms with Gasteiger partial charge < -0.3 is 10.2 Å². The fourth-order valence-corrected chi connectivity index (χ4v) is 1.92. The molecule has 1 aliphatic rings. The van der Waals surface area contributed by atoms with Gasteiger partial charge in [-0.3, -0.25) is 9.59 Å². The van der Waals surface area contributed by atoms with Crippen LogP contribution in [0.25, 0.3) is 0 Å². The van der Waals surface area contributed by atoms with Crippen molar-refractivity contribution < 1.29 is 9.59 Å². The smallest absolute Gasteiger partial charge is 0.243 e. The second-order valence-electron chi connectivity index (χ2n) is 3.95. The summed E-state index contributed by atoms with van der Waals surface area (Å²) < 4.78 is 0. The molecule has 1 fully saturated rings. The Labute approximate surface area is 99.9 Å². The molecule has 4 nitrogen and oxygen atoms in total. The monoisotopic (exact) mass is 230 g/mol. The maximum Gasteiger partial charge on any atom is 0.243 e. The van der Waals surface area contributed by atoms with Crippen molar-refractivity contribution in [3.63, 3.8) is 0 Å². The highest BCUT2D eigenvalue weighted by molar-refractivity contribution is 5.97. The maximum atomic E-state index is 11.8. The van der Waals surface area contributed by atoms with Crippen molar-refractivity contribution in [2.24, 2.45) is 0 Å². The Balaban J connectivity index is 2.05. The number of carbonyl (C=O) groups excluding carboxylic acids is 2. The summed E-state index contributed by atoms with van der Waals surface area (Å²) in [7, 11) is 0. The van der Waals surface area contributed by atoms with E-state index in [2.05, 4.69) is 11.9 Å². The molecule has 0 aromatic heterocycles. The van der Waals surface area contributed by atoms with Crippen LogP contribution in [0, 0.1) is 0 Å². The lowest BCUT2D eigenvalue weighted by Gasteiger charge is -2.16. The third-order valence-electron chi connectivity index (χ3n) is 2.72. The van der Waals surface area contributed by atoms with Crippen molar-refractivity contribution in [2.45, 2.75) is 12.5 Å². The molecule has 88 valence electrons. The molecule has 0 spiro atoms. The topological polar surface area (TPSA) is 49.4 Å². The summed E-state index contributed by atoms with van der Waals surface area (Å²) in [6.07, 6.45) is 1.56. The van der Waals surface area contributed by atoms with E-state index in [9.17, 15) is 9.59 Å². The third kappa shape index (κ3) is 2.53. The van der Waals surface area contributed by atoms with Crippen LogP contribution in [-0.2, 0) is 9.59 Å². The van der Waals surface area contributed by atoms with Gasteiger partial charge in [-0.25, -0.2) is 0 Å². The number of carbonyl (C=O) groups is 2. The minimum Gasteiger partial charge on any atom is -0.348 e. The van der Waals surface area contributed by atoms with E-state index in [1.54, 1.807) is 4.90 Å². The third-order valence-corrected chi connectivity index (χ3v) is 2.72. The standard InChI is InChI=1S/C13H14N2O2/c1-2-12(16)14-10-8-13(17)15(9-10)11-6-4-3-5-7-11/h2-7,10H,1,8-9H2,(H,14,16). The molecule has 4 heteroatoms. The highest BCUT2D eigenvalue weighted by Crippen LogP contribution is 2.20. The Morgan fingerprint density at radius 3 is 2.76 bits per heavy atom. The zero-order valence-electron chi connectivity index (χ0n) is 9.43. The molecule has 0 bridgehead atoms. The minimum absolute atomic E-state index is 0.0329. The van der Waals surface area contributed by atoms with Gasteiger partial charge >= 0.3 is 0 Å². The van der Waals surface area contributed by atoms with Gasteiger partial charge in [0, 0.05) is 18.7 Å². The lowest BCUT2D eigenvalue weighted by molar-refractivity contribution is -0.117. The largest absolute Gasteiger partial charge is 0.348 e. The van der Waals surface area contributed by atoms with Gasteiger partial charge in [0.2, 0.25) is 11.8 Å². The molecular weight excluding hydrogens is 216 g/mol. The first-order valence-corrected chi connectivity index (χ1v) is 5.49. The highest BCUT2D eigenvalue weighted by Gasteiger charge is 2.30. The maximum absolute atomic E-state index is 11.8. The van der Waals surface area contributed by atoms with E-state index in [0.29, 0.717) is 13.0 Å². The molecule has 1 saturated heterocycles. The summed E-state index contributed by atoms with van der Waals surface area (Å²) in [6, 6.07) is 9.32. The average molecular weight is 230 g/mol. The Morgan fingerprint density at radius 1 is 1.41 bits per heavy atom. The molecule has 1 aromatic carbocycles. The fourth-order valence-electron chi connectivity index (χ4n) is 1.92. The normalized spacial score (nSPS) is 19.2. The molecule has 1 unspecified atom stereocenters. The second kappa shape index (κ2) is 4.82. The van der Waals surface area contributed by atoms with Crippen LogP contribution in [0.5, 0.6) is 0 Å². The van der Waals surface area contributed by atoms with E-state index in [1.807, 2.05) is 30.3 Å². The Bertz CT molecular complexity index is 442. The van der Waals surface area contributed by atoms with Crippen LogP contribution in [0.2, 0.25) is 0 Å². The number of hydrogen-bond donors (Lipinski definition) is 1. The summed E-state index contributed by atoms with van der Waals surface area (Å²) in [5, 5.41) is 2.74. The van der Waals surface area contributed by atoms with Gasteiger partial charge in [0.05, 0.1) is 6.04 Å². The number of anilines is 1. The fraction of sp³-hybridized carbons (Fsp3) is 0.231. The summed E-state index contributed by atoms with van der Waals surface area (Å²) in [4.78, 5) is 24.7. The van der Waals surface area contributed by atoms with E-state index in [-0.39, 0.29) is 17.9 Å². The number of rotatable bonds is 3. The predicted molar refractivity (Wildman–Crippen MR) is 65.5 cm³/mol. The molecule has 2 amide bonds. The van der Waals surface area contributed by atoms with Crippen molar-refractivity contribution in [1.82, 2.24) is 5.32 Å². The summed E-state index contributed by atoms with van der Waals surface area (Å²) in [5.41, 5.74) is 0.868. The molecule has 0 radical (unpaired) electrons. The first kappa shape index (κ1) is 11.4. The molecule has 1 heterocycles. The van der Waals surface area contributed by atoms with Crippen LogP contribution in [-0.4, -0.2) is 24.4 Å². The number of nitrogens with one attached hydrogen (secondary N) is 1. The molecule has 1 atom stereocenters. The quantitative estimate of drug-likeness (QED) is 0.790. The zero-order valence-corrected chi connectivity index (χ0v) is 9.43. The molecule has 0 saturated carbocycles. The van der Waals surface area contributed by atoms with E-state index in [0.717, 1.165) is 5.69 Å². The van der Waals surface area contributed by atoms with E-state index < -0.39 is 0 Å². The lowest BCUT2D eigenvalue weighted by atomic mass is 10.2. The van der Waals surface area contributed by atoms with Crippen molar-refractivity contribution >= 4 is 17.5 Å². The number of hydrogen-bond acceptors (Lipinski definition) is 2. The zero-order chi connectivity index (χ0) is 12.3. The van der Waals surface area contributed by atoms with Crippen molar-refractivity contribution in [2.75, 3.05) is 11.4 Å². The number of benzene rings is 1. The van der Waals surface area contributed by atoms with Crippen molar-refractivity contribution in [1.29, 1.82) is 0 Å². The van der Waals surface area contributed by atoms with Crippen LogP contribution in [0.4, 0.5) is 5.69 Å². The van der Waals surface area contributed by atoms with E-state index in [4.69, 9.17) is 0 Å². The van der Waals surface area contributed by atoms with Gasteiger partial charge in [0.15, 0.2) is 0 Å². The second-order valence-corrected chi connectivity index (χ2v) is 3.95. The molecule has 0 aliphatic carbocycles. The van der Waals surface area contributed by atoms with Gasteiger partial charge in [-0.2, -0.15) is 0 Å². The number of nitrogens with zero attached hydrogens (tertiary/aromatic N) is 1. The van der Waals surface area contributed by atoms with Gasteiger partial charge in [-0.1, -0.05) is 24.8 Å². The van der Waals surface area contributed by atoms with Gasteiger partial charge in [0.25, 0.3) is 0 Å². The summed E-state index contributed by atoms with van der Waals surface area (Å²) in [6.45, 7) is 3.90. The Kier molecular flexibility index (Phi) is 3.23. The molecule has 1 aromatic rings.